The van der Waals surface area contributed by atoms with E-state index in [-0.39, 0.29) is 5.06 Å². The predicted molar refractivity (Wildman–Crippen MR) is 78.3 cm³/mol. The summed E-state index contributed by atoms with van der Waals surface area (Å²) in [7, 11) is 3.78. The van der Waals surface area contributed by atoms with Crippen LogP contribution in [-0.4, -0.2) is 36.2 Å². The fraction of sp³-hybridized carbons (Fsp3) is 0.143. The molecular weight excluding hydrogens is 324 g/mol. The van der Waals surface area contributed by atoms with Crippen molar-refractivity contribution in [1.82, 2.24) is 5.06 Å². The Balaban J connectivity index is 2.53. The molecule has 0 aliphatic carbocycles. The quantitative estimate of drug-likeness (QED) is 0.643. The van der Waals surface area contributed by atoms with Crippen molar-refractivity contribution in [3.05, 3.63) is 39.9 Å². The van der Waals surface area contributed by atoms with E-state index in [9.17, 15) is 14.8 Å². The number of imide groups is 1. The minimum Gasteiger partial charge on any atom is -0.376 e. The average molecular weight is 335 g/mol. The molecule has 6 heteroatoms. The molecule has 2 aromatic rings. The van der Waals surface area contributed by atoms with E-state index < -0.39 is 11.8 Å². The number of hydrogen-bond donors (Lipinski definition) is 1. The number of hydroxylamine groups is 2. The third-order valence-electron chi connectivity index (χ3n) is 3.38. The molecule has 1 aliphatic heterocycles. The Morgan fingerprint density at radius 2 is 1.80 bits per heavy atom. The number of benzene rings is 2. The second kappa shape index (κ2) is 4.29. The molecule has 3 rings (SSSR count). The lowest BCUT2D eigenvalue weighted by Gasteiger charge is -2.25. The molecule has 0 atom stereocenters. The van der Waals surface area contributed by atoms with Gasteiger partial charge in [-0.25, -0.2) is 0 Å². The van der Waals surface area contributed by atoms with E-state index in [0.29, 0.717) is 16.5 Å². The van der Waals surface area contributed by atoms with E-state index in [1.165, 1.54) is 0 Å². The Bertz CT molecular complexity index is 771. The highest BCUT2D eigenvalue weighted by Crippen LogP contribution is 2.39. The van der Waals surface area contributed by atoms with Crippen molar-refractivity contribution >= 4 is 44.2 Å². The summed E-state index contributed by atoms with van der Waals surface area (Å²) < 4.78 is 0.734. The molecule has 20 heavy (non-hydrogen) atoms. The molecule has 0 aromatic heterocycles. The van der Waals surface area contributed by atoms with Gasteiger partial charge in [-0.05, 0) is 28.1 Å². The Morgan fingerprint density at radius 3 is 2.45 bits per heavy atom. The standard InChI is InChI=1S/C14H11BrN2O3/c1-16(2)12-7-4-3-5-8-11(7)9(6-10(12)15)14(19)17(20)13(8)18/h3-6,20H,1-2H3. The molecule has 102 valence electrons. The summed E-state index contributed by atoms with van der Waals surface area (Å²) in [6.07, 6.45) is 0. The van der Waals surface area contributed by atoms with Gasteiger partial charge in [0.1, 0.15) is 0 Å². The largest absolute Gasteiger partial charge is 0.376 e. The van der Waals surface area contributed by atoms with Crippen LogP contribution >= 0.6 is 15.9 Å². The van der Waals surface area contributed by atoms with Gasteiger partial charge >= 0.3 is 0 Å². The van der Waals surface area contributed by atoms with E-state index in [1.807, 2.05) is 25.1 Å². The maximum atomic E-state index is 12.1. The minimum absolute atomic E-state index is 0.166. The SMILES string of the molecule is CN(C)c1c(Br)cc2c3c(cccc13)C(=O)N(O)C2=O. The summed E-state index contributed by atoms with van der Waals surface area (Å²) in [5.74, 6) is -1.40. The number of nitrogens with zero attached hydrogens (tertiary/aromatic N) is 2. The molecule has 0 fully saturated rings. The third-order valence-corrected chi connectivity index (χ3v) is 3.98. The maximum absolute atomic E-state index is 12.1. The molecule has 1 heterocycles. The first kappa shape index (κ1) is 13.1. The van der Waals surface area contributed by atoms with Gasteiger partial charge in [-0.15, -0.1) is 5.06 Å². The topological polar surface area (TPSA) is 60.9 Å². The molecule has 0 saturated carbocycles. The van der Waals surface area contributed by atoms with Crippen molar-refractivity contribution < 1.29 is 14.8 Å². The normalized spacial score (nSPS) is 14.1. The summed E-state index contributed by atoms with van der Waals surface area (Å²) in [6.45, 7) is 0. The van der Waals surface area contributed by atoms with Gasteiger partial charge in [-0.2, -0.15) is 0 Å². The monoisotopic (exact) mass is 334 g/mol. The van der Waals surface area contributed by atoms with E-state index in [0.717, 1.165) is 15.5 Å². The number of anilines is 1. The highest BCUT2D eigenvalue weighted by atomic mass is 79.9. The van der Waals surface area contributed by atoms with Crippen LogP contribution in [0.5, 0.6) is 0 Å². The zero-order chi connectivity index (χ0) is 14.6. The zero-order valence-electron chi connectivity index (χ0n) is 10.8. The Hall–Kier alpha value is -1.92. The van der Waals surface area contributed by atoms with Gasteiger partial charge in [0.2, 0.25) is 0 Å². The van der Waals surface area contributed by atoms with Gasteiger partial charge in [0.05, 0.1) is 16.8 Å². The molecule has 1 N–H and O–H groups in total. The molecule has 2 amide bonds. The molecule has 0 saturated heterocycles. The van der Waals surface area contributed by atoms with Crippen molar-refractivity contribution in [2.24, 2.45) is 0 Å². The number of carbonyl (C=O) groups excluding carboxylic acids is 2. The van der Waals surface area contributed by atoms with Gasteiger partial charge in [0.25, 0.3) is 11.8 Å². The minimum atomic E-state index is -0.704. The lowest BCUT2D eigenvalue weighted by molar-refractivity contribution is -0.0377. The van der Waals surface area contributed by atoms with E-state index in [2.05, 4.69) is 15.9 Å². The summed E-state index contributed by atoms with van der Waals surface area (Å²) in [5.41, 5.74) is 1.53. The van der Waals surface area contributed by atoms with Crippen LogP contribution in [0, 0.1) is 0 Å². The van der Waals surface area contributed by atoms with Crippen LogP contribution in [0.15, 0.2) is 28.7 Å². The Kier molecular flexibility index (Phi) is 2.81. The first-order valence-corrected chi connectivity index (χ1v) is 6.73. The maximum Gasteiger partial charge on any atom is 0.285 e. The fourth-order valence-corrected chi connectivity index (χ4v) is 3.35. The number of halogens is 1. The van der Waals surface area contributed by atoms with Crippen LogP contribution in [0.1, 0.15) is 20.7 Å². The van der Waals surface area contributed by atoms with Crippen LogP contribution < -0.4 is 4.90 Å². The van der Waals surface area contributed by atoms with Gasteiger partial charge in [-0.3, -0.25) is 14.8 Å². The van der Waals surface area contributed by atoms with Crippen LogP contribution in [0.25, 0.3) is 10.8 Å². The lowest BCUT2D eigenvalue weighted by Crippen LogP contribution is -2.37. The van der Waals surface area contributed by atoms with Crippen molar-refractivity contribution in [2.75, 3.05) is 19.0 Å². The number of rotatable bonds is 1. The van der Waals surface area contributed by atoms with Crippen LogP contribution in [-0.2, 0) is 0 Å². The molecule has 0 unspecified atom stereocenters. The second-order valence-corrected chi connectivity index (χ2v) is 5.65. The smallest absolute Gasteiger partial charge is 0.285 e. The second-order valence-electron chi connectivity index (χ2n) is 4.80. The molecule has 0 radical (unpaired) electrons. The first-order valence-electron chi connectivity index (χ1n) is 5.93. The first-order chi connectivity index (χ1) is 9.43. The number of amides is 2. The van der Waals surface area contributed by atoms with Gasteiger partial charge < -0.3 is 4.90 Å². The van der Waals surface area contributed by atoms with Crippen LogP contribution in [0.3, 0.4) is 0 Å². The summed E-state index contributed by atoms with van der Waals surface area (Å²) >= 11 is 3.44. The number of hydrogen-bond acceptors (Lipinski definition) is 4. The van der Waals surface area contributed by atoms with Crippen molar-refractivity contribution in [3.8, 4) is 0 Å². The van der Waals surface area contributed by atoms with E-state index in [1.54, 1.807) is 18.2 Å². The van der Waals surface area contributed by atoms with Gasteiger partial charge in [0.15, 0.2) is 0 Å². The molecular formula is C14H11BrN2O3. The molecule has 5 nitrogen and oxygen atoms in total. The molecule has 0 bridgehead atoms. The fourth-order valence-electron chi connectivity index (χ4n) is 2.56. The zero-order valence-corrected chi connectivity index (χ0v) is 12.4. The van der Waals surface area contributed by atoms with E-state index >= 15 is 0 Å². The van der Waals surface area contributed by atoms with Crippen LogP contribution in [0.2, 0.25) is 0 Å². The van der Waals surface area contributed by atoms with E-state index in [4.69, 9.17) is 0 Å². The average Bonchev–Trinajstić information content (AvgIpc) is 2.41. The van der Waals surface area contributed by atoms with Crippen molar-refractivity contribution in [2.45, 2.75) is 0 Å². The predicted octanol–water partition coefficient (Wildman–Crippen LogP) is 2.65. The Labute approximate surface area is 123 Å². The third kappa shape index (κ3) is 1.58. The highest BCUT2D eigenvalue weighted by molar-refractivity contribution is 9.10. The van der Waals surface area contributed by atoms with Crippen LogP contribution in [0.4, 0.5) is 5.69 Å². The molecule has 2 aromatic carbocycles. The molecule has 1 aliphatic rings. The van der Waals surface area contributed by atoms with Gasteiger partial charge in [-0.1, -0.05) is 12.1 Å². The van der Waals surface area contributed by atoms with Crippen molar-refractivity contribution in [1.29, 1.82) is 0 Å². The highest BCUT2D eigenvalue weighted by Gasteiger charge is 2.33. The van der Waals surface area contributed by atoms with Gasteiger partial charge in [0, 0.05) is 29.3 Å². The van der Waals surface area contributed by atoms with Crippen molar-refractivity contribution in [3.63, 3.8) is 0 Å². The Morgan fingerprint density at radius 1 is 1.15 bits per heavy atom. The lowest BCUT2D eigenvalue weighted by atomic mass is 9.94. The summed E-state index contributed by atoms with van der Waals surface area (Å²) in [5, 5.41) is 11.2. The molecule has 0 spiro atoms. The number of carbonyl (C=O) groups is 2. The summed E-state index contributed by atoms with van der Waals surface area (Å²) in [6, 6.07) is 6.84. The summed E-state index contributed by atoms with van der Waals surface area (Å²) in [4.78, 5) is 26.0.